The van der Waals surface area contributed by atoms with Crippen molar-refractivity contribution in [1.82, 2.24) is 9.97 Å². The number of benzene rings is 3. The molecule has 180 valence electrons. The second kappa shape index (κ2) is 10.3. The summed E-state index contributed by atoms with van der Waals surface area (Å²) in [6.45, 7) is 1.79. The Balaban J connectivity index is 1.36. The van der Waals surface area contributed by atoms with Gasteiger partial charge in [0.1, 0.15) is 18.2 Å². The van der Waals surface area contributed by atoms with Crippen molar-refractivity contribution in [3.05, 3.63) is 66.2 Å². The summed E-state index contributed by atoms with van der Waals surface area (Å²) < 4.78 is 27.6. The lowest BCUT2D eigenvalue weighted by Gasteiger charge is -2.15. The Bertz CT molecular complexity index is 1320. The lowest BCUT2D eigenvalue weighted by molar-refractivity contribution is 0.174. The quantitative estimate of drug-likeness (QED) is 0.323. The first-order valence-electron chi connectivity index (χ1n) is 11.2. The number of hydrogen-bond donors (Lipinski definition) is 2. The molecular weight excluding hydrogens is 448 g/mol. The van der Waals surface area contributed by atoms with Crippen molar-refractivity contribution in [3.63, 3.8) is 0 Å². The molecule has 0 amide bonds. The lowest BCUT2D eigenvalue weighted by Crippen LogP contribution is -2.14. The average molecular weight is 475 g/mol. The topological polar surface area (TPSA) is 96.0 Å². The number of anilines is 2. The van der Waals surface area contributed by atoms with E-state index in [4.69, 9.17) is 33.7 Å². The number of methoxy groups -OCH3 is 2. The highest BCUT2D eigenvalue weighted by atomic mass is 16.7. The summed E-state index contributed by atoms with van der Waals surface area (Å²) in [5.74, 6) is 4.66. The molecule has 2 N–H and O–H groups in total. The van der Waals surface area contributed by atoms with Gasteiger partial charge in [-0.15, -0.1) is 0 Å². The molecule has 5 rings (SSSR count). The van der Waals surface area contributed by atoms with Gasteiger partial charge in [-0.2, -0.15) is 4.98 Å². The third-order valence-corrected chi connectivity index (χ3v) is 5.50. The third kappa shape index (κ3) is 5.08. The van der Waals surface area contributed by atoms with E-state index in [1.807, 2.05) is 60.7 Å². The maximum atomic E-state index is 5.81. The molecule has 0 saturated heterocycles. The highest BCUT2D eigenvalue weighted by Crippen LogP contribution is 2.35. The second-order valence-corrected chi connectivity index (χ2v) is 7.75. The van der Waals surface area contributed by atoms with Crippen LogP contribution in [0.5, 0.6) is 28.7 Å². The van der Waals surface area contributed by atoms with E-state index in [2.05, 4.69) is 10.6 Å². The molecule has 1 aliphatic rings. The number of ether oxygens (including phenoxy) is 5. The first kappa shape index (κ1) is 22.4. The van der Waals surface area contributed by atoms with E-state index in [0.717, 1.165) is 33.7 Å². The molecule has 3 aromatic carbocycles. The number of para-hydroxylation sites is 1. The normalized spacial score (nSPS) is 11.8. The van der Waals surface area contributed by atoms with Crippen molar-refractivity contribution in [2.24, 2.45) is 0 Å². The van der Waals surface area contributed by atoms with Crippen LogP contribution in [0.1, 0.15) is 5.56 Å². The Hall–Kier alpha value is -4.40. The van der Waals surface area contributed by atoms with E-state index < -0.39 is 0 Å². The molecule has 4 aromatic rings. The smallest absolute Gasteiger partial charge is 0.231 e. The molecule has 0 atom stereocenters. The van der Waals surface area contributed by atoms with Gasteiger partial charge in [0.2, 0.25) is 12.7 Å². The van der Waals surface area contributed by atoms with E-state index in [1.54, 1.807) is 14.2 Å². The molecule has 0 radical (unpaired) electrons. The van der Waals surface area contributed by atoms with Crippen LogP contribution < -0.4 is 34.3 Å². The molecular formula is C26H26N4O5. The predicted octanol–water partition coefficient (Wildman–Crippen LogP) is 4.48. The van der Waals surface area contributed by atoms with Crippen molar-refractivity contribution in [2.45, 2.75) is 6.54 Å². The Morgan fingerprint density at radius 1 is 0.857 bits per heavy atom. The SMILES string of the molecule is COc1cc2nc(NCc3ccc4c(c3)OCO4)nc(NCCOc3ccccc3)c2cc1OC. The zero-order valence-electron chi connectivity index (χ0n) is 19.5. The predicted molar refractivity (Wildman–Crippen MR) is 133 cm³/mol. The minimum atomic E-state index is 0.244. The fourth-order valence-corrected chi connectivity index (χ4v) is 3.76. The number of fused-ring (bicyclic) bond motifs is 2. The molecule has 0 unspecified atom stereocenters. The van der Waals surface area contributed by atoms with Gasteiger partial charge in [0.25, 0.3) is 0 Å². The molecule has 0 fully saturated rings. The van der Waals surface area contributed by atoms with Crippen LogP contribution >= 0.6 is 0 Å². The molecule has 0 saturated carbocycles. The van der Waals surface area contributed by atoms with Gasteiger partial charge in [-0.05, 0) is 35.9 Å². The first-order valence-corrected chi connectivity index (χ1v) is 11.2. The highest BCUT2D eigenvalue weighted by molar-refractivity contribution is 5.92. The summed E-state index contributed by atoms with van der Waals surface area (Å²) in [4.78, 5) is 9.42. The largest absolute Gasteiger partial charge is 0.493 e. The highest BCUT2D eigenvalue weighted by Gasteiger charge is 2.15. The minimum absolute atomic E-state index is 0.244. The fourth-order valence-electron chi connectivity index (χ4n) is 3.76. The maximum absolute atomic E-state index is 5.81. The van der Waals surface area contributed by atoms with Gasteiger partial charge in [0.15, 0.2) is 23.0 Å². The summed E-state index contributed by atoms with van der Waals surface area (Å²) in [5.41, 5.74) is 1.74. The molecule has 0 aliphatic carbocycles. The van der Waals surface area contributed by atoms with E-state index in [0.29, 0.717) is 43.0 Å². The van der Waals surface area contributed by atoms with Gasteiger partial charge in [-0.3, -0.25) is 0 Å². The van der Waals surface area contributed by atoms with Crippen molar-refractivity contribution in [1.29, 1.82) is 0 Å². The molecule has 1 aliphatic heterocycles. The monoisotopic (exact) mass is 474 g/mol. The molecule has 2 heterocycles. The average Bonchev–Trinajstić information content (AvgIpc) is 3.37. The number of rotatable bonds is 10. The zero-order chi connectivity index (χ0) is 24.0. The lowest BCUT2D eigenvalue weighted by atomic mass is 10.2. The summed E-state index contributed by atoms with van der Waals surface area (Å²) in [7, 11) is 3.20. The van der Waals surface area contributed by atoms with Crippen LogP contribution in [0.2, 0.25) is 0 Å². The van der Waals surface area contributed by atoms with Crippen LogP contribution in [0.25, 0.3) is 10.9 Å². The Morgan fingerprint density at radius 2 is 1.66 bits per heavy atom. The van der Waals surface area contributed by atoms with Crippen molar-refractivity contribution in [2.75, 3.05) is 44.8 Å². The van der Waals surface area contributed by atoms with Gasteiger partial charge in [0, 0.05) is 18.0 Å². The van der Waals surface area contributed by atoms with E-state index in [-0.39, 0.29) is 6.79 Å². The Morgan fingerprint density at radius 3 is 2.49 bits per heavy atom. The van der Waals surface area contributed by atoms with Gasteiger partial charge >= 0.3 is 0 Å². The van der Waals surface area contributed by atoms with Gasteiger partial charge < -0.3 is 34.3 Å². The summed E-state index contributed by atoms with van der Waals surface area (Å²) >= 11 is 0. The van der Waals surface area contributed by atoms with Crippen LogP contribution in [-0.2, 0) is 6.54 Å². The summed E-state index contributed by atoms with van der Waals surface area (Å²) in [6.07, 6.45) is 0. The number of nitrogens with one attached hydrogen (secondary N) is 2. The first-order chi connectivity index (χ1) is 17.2. The van der Waals surface area contributed by atoms with Gasteiger partial charge in [0.05, 0.1) is 26.3 Å². The van der Waals surface area contributed by atoms with Crippen LogP contribution in [0.15, 0.2) is 60.7 Å². The number of aromatic nitrogens is 2. The second-order valence-electron chi connectivity index (χ2n) is 7.75. The van der Waals surface area contributed by atoms with Crippen LogP contribution in [-0.4, -0.2) is 44.1 Å². The molecule has 1 aromatic heterocycles. The van der Waals surface area contributed by atoms with E-state index in [9.17, 15) is 0 Å². The van der Waals surface area contributed by atoms with E-state index in [1.165, 1.54) is 0 Å². The molecule has 9 heteroatoms. The summed E-state index contributed by atoms with van der Waals surface area (Å²) in [6, 6.07) is 19.2. The molecule has 35 heavy (non-hydrogen) atoms. The maximum Gasteiger partial charge on any atom is 0.231 e. The Kier molecular flexibility index (Phi) is 6.56. The molecule has 0 bridgehead atoms. The molecule has 9 nitrogen and oxygen atoms in total. The van der Waals surface area contributed by atoms with Gasteiger partial charge in [-0.25, -0.2) is 4.98 Å². The minimum Gasteiger partial charge on any atom is -0.493 e. The van der Waals surface area contributed by atoms with Gasteiger partial charge in [-0.1, -0.05) is 24.3 Å². The van der Waals surface area contributed by atoms with Crippen LogP contribution in [0.4, 0.5) is 11.8 Å². The van der Waals surface area contributed by atoms with Crippen molar-refractivity contribution in [3.8, 4) is 28.7 Å². The number of nitrogens with zero attached hydrogens (tertiary/aromatic N) is 2. The van der Waals surface area contributed by atoms with Crippen molar-refractivity contribution >= 4 is 22.7 Å². The van der Waals surface area contributed by atoms with Crippen molar-refractivity contribution < 1.29 is 23.7 Å². The molecule has 0 spiro atoms. The van der Waals surface area contributed by atoms with Crippen LogP contribution in [0.3, 0.4) is 0 Å². The third-order valence-electron chi connectivity index (χ3n) is 5.50. The summed E-state index contributed by atoms with van der Waals surface area (Å²) in [5, 5.41) is 7.49. The standard InChI is InChI=1S/C26H26N4O5/c1-31-22-13-19-20(14-23(22)32-2)29-26(28-15-17-8-9-21-24(12-17)35-16-34-21)30-25(19)27-10-11-33-18-6-4-3-5-7-18/h3-9,12-14H,10-11,15-16H2,1-2H3,(H2,27,28,29,30). The Labute approximate surface area is 203 Å². The zero-order valence-corrected chi connectivity index (χ0v) is 19.5. The van der Waals surface area contributed by atoms with E-state index >= 15 is 0 Å². The van der Waals surface area contributed by atoms with Crippen LogP contribution in [0, 0.1) is 0 Å². The number of hydrogen-bond acceptors (Lipinski definition) is 9. The fraction of sp³-hybridized carbons (Fsp3) is 0.231.